The smallest absolute Gasteiger partial charge is 0.141 e. The van der Waals surface area contributed by atoms with E-state index < -0.39 is 0 Å². The topological polar surface area (TPSA) is 43.8 Å². The van der Waals surface area contributed by atoms with Crippen molar-refractivity contribution in [3.63, 3.8) is 0 Å². The molecule has 3 nitrogen and oxygen atoms in total. The van der Waals surface area contributed by atoms with Crippen LogP contribution in [0.5, 0.6) is 0 Å². The van der Waals surface area contributed by atoms with Crippen LogP contribution < -0.4 is 5.73 Å². The number of benzene rings is 1. The SMILES string of the molecule is CCC(c1cccc(F)c1)n1nc(C)c(Cl)c1N. The van der Waals surface area contributed by atoms with Gasteiger partial charge in [0.1, 0.15) is 16.7 Å². The van der Waals surface area contributed by atoms with Crippen molar-refractivity contribution >= 4 is 17.4 Å². The molecule has 0 saturated heterocycles. The average molecular weight is 268 g/mol. The van der Waals surface area contributed by atoms with Crippen LogP contribution in [-0.4, -0.2) is 9.78 Å². The molecule has 0 spiro atoms. The quantitative estimate of drug-likeness (QED) is 0.924. The molecular formula is C13H15ClFN3. The molecule has 1 aromatic carbocycles. The van der Waals surface area contributed by atoms with Gasteiger partial charge < -0.3 is 5.73 Å². The zero-order valence-electron chi connectivity index (χ0n) is 10.3. The molecule has 0 fully saturated rings. The van der Waals surface area contributed by atoms with Crippen molar-refractivity contribution in [1.29, 1.82) is 0 Å². The number of hydrogen-bond donors (Lipinski definition) is 1. The summed E-state index contributed by atoms with van der Waals surface area (Å²) in [7, 11) is 0. The van der Waals surface area contributed by atoms with Crippen molar-refractivity contribution in [3.8, 4) is 0 Å². The summed E-state index contributed by atoms with van der Waals surface area (Å²) in [6.45, 7) is 3.80. The maximum atomic E-state index is 13.3. The maximum absolute atomic E-state index is 13.3. The van der Waals surface area contributed by atoms with Gasteiger partial charge in [-0.3, -0.25) is 0 Å². The van der Waals surface area contributed by atoms with Crippen LogP contribution >= 0.6 is 11.6 Å². The zero-order chi connectivity index (χ0) is 13.3. The highest BCUT2D eigenvalue weighted by molar-refractivity contribution is 6.33. The molecule has 1 unspecified atom stereocenters. The number of aryl methyl sites for hydroxylation is 1. The minimum atomic E-state index is -0.264. The van der Waals surface area contributed by atoms with E-state index in [0.29, 0.717) is 16.5 Å². The molecule has 96 valence electrons. The third kappa shape index (κ3) is 2.20. The first-order valence-electron chi connectivity index (χ1n) is 5.80. The van der Waals surface area contributed by atoms with Crippen LogP contribution in [0.2, 0.25) is 5.02 Å². The van der Waals surface area contributed by atoms with Crippen molar-refractivity contribution in [3.05, 3.63) is 46.4 Å². The number of anilines is 1. The highest BCUT2D eigenvalue weighted by atomic mass is 35.5. The lowest BCUT2D eigenvalue weighted by molar-refractivity contribution is 0.509. The third-order valence-electron chi connectivity index (χ3n) is 2.96. The molecule has 1 atom stereocenters. The number of aromatic nitrogens is 2. The number of nitrogen functional groups attached to an aromatic ring is 1. The van der Waals surface area contributed by atoms with E-state index in [-0.39, 0.29) is 11.9 Å². The van der Waals surface area contributed by atoms with Crippen LogP contribution in [0.3, 0.4) is 0 Å². The fraction of sp³-hybridized carbons (Fsp3) is 0.308. The van der Waals surface area contributed by atoms with Crippen molar-refractivity contribution < 1.29 is 4.39 Å². The van der Waals surface area contributed by atoms with Crippen LogP contribution in [0.25, 0.3) is 0 Å². The van der Waals surface area contributed by atoms with Gasteiger partial charge in [0.15, 0.2) is 0 Å². The largest absolute Gasteiger partial charge is 0.383 e. The lowest BCUT2D eigenvalue weighted by Gasteiger charge is -2.17. The molecule has 1 aromatic heterocycles. The van der Waals surface area contributed by atoms with Crippen molar-refractivity contribution in [2.45, 2.75) is 26.3 Å². The second kappa shape index (κ2) is 4.98. The van der Waals surface area contributed by atoms with Gasteiger partial charge in [0.05, 0.1) is 11.7 Å². The fourth-order valence-corrected chi connectivity index (χ4v) is 2.17. The molecule has 0 bridgehead atoms. The summed E-state index contributed by atoms with van der Waals surface area (Å²) in [5, 5.41) is 4.79. The molecule has 5 heteroatoms. The number of nitrogens with zero attached hydrogens (tertiary/aromatic N) is 2. The molecule has 2 aromatic rings. The molecule has 0 amide bonds. The summed E-state index contributed by atoms with van der Waals surface area (Å²) in [4.78, 5) is 0. The van der Waals surface area contributed by atoms with E-state index >= 15 is 0 Å². The van der Waals surface area contributed by atoms with Crippen molar-refractivity contribution in [1.82, 2.24) is 9.78 Å². The second-order valence-electron chi connectivity index (χ2n) is 4.21. The Hall–Kier alpha value is -1.55. The van der Waals surface area contributed by atoms with Crippen LogP contribution in [0.1, 0.15) is 30.6 Å². The Morgan fingerprint density at radius 1 is 1.50 bits per heavy atom. The van der Waals surface area contributed by atoms with E-state index in [1.165, 1.54) is 12.1 Å². The molecule has 0 aliphatic carbocycles. The van der Waals surface area contributed by atoms with Gasteiger partial charge >= 0.3 is 0 Å². The molecule has 2 rings (SSSR count). The van der Waals surface area contributed by atoms with Gasteiger partial charge in [-0.2, -0.15) is 5.10 Å². The summed E-state index contributed by atoms with van der Waals surface area (Å²) in [5.74, 6) is 0.157. The van der Waals surface area contributed by atoms with Gasteiger partial charge in [-0.1, -0.05) is 30.7 Å². The highest BCUT2D eigenvalue weighted by Gasteiger charge is 2.19. The number of rotatable bonds is 3. The summed E-state index contributed by atoms with van der Waals surface area (Å²) < 4.78 is 14.9. The van der Waals surface area contributed by atoms with E-state index in [0.717, 1.165) is 12.0 Å². The van der Waals surface area contributed by atoms with Crippen LogP contribution in [-0.2, 0) is 0 Å². The van der Waals surface area contributed by atoms with E-state index in [1.807, 2.05) is 13.0 Å². The normalized spacial score (nSPS) is 12.7. The highest BCUT2D eigenvalue weighted by Crippen LogP contribution is 2.30. The maximum Gasteiger partial charge on any atom is 0.141 e. The summed E-state index contributed by atoms with van der Waals surface area (Å²) >= 11 is 6.04. The van der Waals surface area contributed by atoms with Crippen molar-refractivity contribution in [2.24, 2.45) is 0 Å². The number of hydrogen-bond acceptors (Lipinski definition) is 2. The predicted octanol–water partition coefficient (Wildman–Crippen LogP) is 3.57. The van der Waals surface area contributed by atoms with E-state index in [9.17, 15) is 4.39 Å². The van der Waals surface area contributed by atoms with Gasteiger partial charge in [0, 0.05) is 0 Å². The number of nitrogens with two attached hydrogens (primary N) is 1. The van der Waals surface area contributed by atoms with Crippen molar-refractivity contribution in [2.75, 3.05) is 5.73 Å². The molecule has 0 aliphatic heterocycles. The summed E-state index contributed by atoms with van der Waals surface area (Å²) in [6, 6.07) is 6.36. The van der Waals surface area contributed by atoms with E-state index in [4.69, 9.17) is 17.3 Å². The fourth-order valence-electron chi connectivity index (χ4n) is 2.05. The van der Waals surface area contributed by atoms with Gasteiger partial charge in [0.2, 0.25) is 0 Å². The van der Waals surface area contributed by atoms with Gasteiger partial charge in [-0.05, 0) is 31.0 Å². The Morgan fingerprint density at radius 2 is 2.22 bits per heavy atom. The minimum absolute atomic E-state index is 0.105. The number of halogens is 2. The summed E-state index contributed by atoms with van der Waals surface area (Å²) in [5.41, 5.74) is 7.45. The van der Waals surface area contributed by atoms with Crippen LogP contribution in [0.4, 0.5) is 10.2 Å². The monoisotopic (exact) mass is 267 g/mol. The lowest BCUT2D eigenvalue weighted by Crippen LogP contribution is -2.14. The van der Waals surface area contributed by atoms with E-state index in [2.05, 4.69) is 5.10 Å². The Labute approximate surface area is 110 Å². The molecule has 1 heterocycles. The molecular weight excluding hydrogens is 253 g/mol. The summed E-state index contributed by atoms with van der Waals surface area (Å²) in [6.07, 6.45) is 0.755. The van der Waals surface area contributed by atoms with Gasteiger partial charge in [0.25, 0.3) is 0 Å². The Morgan fingerprint density at radius 3 is 2.72 bits per heavy atom. The molecule has 0 saturated carbocycles. The predicted molar refractivity (Wildman–Crippen MR) is 71.2 cm³/mol. The zero-order valence-corrected chi connectivity index (χ0v) is 11.1. The first-order valence-corrected chi connectivity index (χ1v) is 6.18. The standard InChI is InChI=1S/C13H15ClFN3/c1-3-11(9-5-4-6-10(15)7-9)18-13(16)12(14)8(2)17-18/h4-7,11H,3,16H2,1-2H3. The Balaban J connectivity index is 2.48. The first-order chi connectivity index (χ1) is 8.54. The van der Waals surface area contributed by atoms with Gasteiger partial charge in [-0.15, -0.1) is 0 Å². The molecule has 2 N–H and O–H groups in total. The molecule has 0 aliphatic rings. The lowest BCUT2D eigenvalue weighted by atomic mass is 10.0. The first kappa shape index (κ1) is 12.9. The molecule has 18 heavy (non-hydrogen) atoms. The minimum Gasteiger partial charge on any atom is -0.383 e. The Kier molecular flexibility index (Phi) is 3.57. The van der Waals surface area contributed by atoms with Crippen LogP contribution in [0, 0.1) is 12.7 Å². The Bertz CT molecular complexity index is 565. The van der Waals surface area contributed by atoms with E-state index in [1.54, 1.807) is 17.7 Å². The average Bonchev–Trinajstić information content (AvgIpc) is 2.59. The second-order valence-corrected chi connectivity index (χ2v) is 4.59. The third-order valence-corrected chi connectivity index (χ3v) is 3.43. The molecule has 0 radical (unpaired) electrons. The van der Waals surface area contributed by atoms with Crippen LogP contribution in [0.15, 0.2) is 24.3 Å². The van der Waals surface area contributed by atoms with Gasteiger partial charge in [-0.25, -0.2) is 9.07 Å².